The molecule has 0 spiro atoms. The van der Waals surface area contributed by atoms with Crippen molar-refractivity contribution in [2.45, 2.75) is 50.6 Å². The number of hydrogen-bond donors (Lipinski definition) is 3. The molecular weight excluding hydrogens is 262 g/mol. The van der Waals surface area contributed by atoms with E-state index in [1.165, 1.54) is 4.90 Å². The predicted octanol–water partition coefficient (Wildman–Crippen LogP) is 0.289. The zero-order valence-electron chi connectivity index (χ0n) is 11.4. The molecule has 0 bridgehead atoms. The Morgan fingerprint density at radius 1 is 1.15 bits per heavy atom. The fourth-order valence-electron chi connectivity index (χ4n) is 3.42. The van der Waals surface area contributed by atoms with Crippen LogP contribution in [0.2, 0.25) is 0 Å². The maximum Gasteiger partial charge on any atom is 0.326 e. The van der Waals surface area contributed by atoms with Crippen molar-refractivity contribution in [1.29, 1.82) is 0 Å². The molecular formula is C13H21N3O4. The summed E-state index contributed by atoms with van der Waals surface area (Å²) >= 11 is 0. The van der Waals surface area contributed by atoms with Crippen LogP contribution in [0.25, 0.3) is 0 Å². The van der Waals surface area contributed by atoms with Gasteiger partial charge in [-0.2, -0.15) is 0 Å². The second kappa shape index (κ2) is 6.11. The minimum Gasteiger partial charge on any atom is -0.480 e. The number of likely N-dealkylation sites (tertiary alicyclic amines) is 1. The summed E-state index contributed by atoms with van der Waals surface area (Å²) < 4.78 is 0. The van der Waals surface area contributed by atoms with E-state index in [0.717, 1.165) is 32.1 Å². The Morgan fingerprint density at radius 3 is 2.50 bits per heavy atom. The summed E-state index contributed by atoms with van der Waals surface area (Å²) in [5.41, 5.74) is 5.01. The molecule has 112 valence electrons. The monoisotopic (exact) mass is 283 g/mol. The number of carboxylic acids is 1. The molecule has 2 aliphatic rings. The number of nitrogens with two attached hydrogens (primary N) is 1. The standard InChI is InChI=1S/C13H21N3O4/c14-11(17)7-15-13(20)16-9-4-2-1-3-8(9)5-6-10(16)12(18)19/h8-10H,1-7H2,(H2,14,17)(H,15,20)(H,18,19). The lowest BCUT2D eigenvalue weighted by Gasteiger charge is -2.46. The molecule has 0 radical (unpaired) electrons. The van der Waals surface area contributed by atoms with Crippen LogP contribution >= 0.6 is 0 Å². The summed E-state index contributed by atoms with van der Waals surface area (Å²) in [4.78, 5) is 35.8. The third kappa shape index (κ3) is 3.02. The summed E-state index contributed by atoms with van der Waals surface area (Å²) in [6, 6.07) is -1.33. The first kappa shape index (κ1) is 14.6. The number of nitrogens with zero attached hydrogens (tertiary/aromatic N) is 1. The average molecular weight is 283 g/mol. The second-order valence-corrected chi connectivity index (χ2v) is 5.58. The number of hydrogen-bond acceptors (Lipinski definition) is 3. The maximum atomic E-state index is 12.2. The number of urea groups is 1. The number of amides is 3. The Kier molecular flexibility index (Phi) is 4.46. The molecule has 1 saturated heterocycles. The van der Waals surface area contributed by atoms with E-state index in [1.54, 1.807) is 0 Å². The summed E-state index contributed by atoms with van der Waals surface area (Å²) in [7, 11) is 0. The van der Waals surface area contributed by atoms with Crippen molar-refractivity contribution < 1.29 is 19.5 Å². The van der Waals surface area contributed by atoms with Gasteiger partial charge in [0, 0.05) is 6.04 Å². The number of nitrogens with one attached hydrogen (secondary N) is 1. The van der Waals surface area contributed by atoms with Crippen molar-refractivity contribution in [2.75, 3.05) is 6.54 Å². The number of primary amides is 1. The van der Waals surface area contributed by atoms with Gasteiger partial charge in [-0.3, -0.25) is 4.79 Å². The van der Waals surface area contributed by atoms with Crippen LogP contribution in [0, 0.1) is 5.92 Å². The largest absolute Gasteiger partial charge is 0.480 e. The van der Waals surface area contributed by atoms with E-state index in [1.807, 2.05) is 0 Å². The molecule has 1 aliphatic heterocycles. The van der Waals surface area contributed by atoms with Gasteiger partial charge >= 0.3 is 12.0 Å². The van der Waals surface area contributed by atoms with Gasteiger partial charge in [-0.15, -0.1) is 0 Å². The van der Waals surface area contributed by atoms with Crippen LogP contribution in [-0.2, 0) is 9.59 Å². The number of piperidine rings is 1. The highest BCUT2D eigenvalue weighted by atomic mass is 16.4. The van der Waals surface area contributed by atoms with Gasteiger partial charge in [-0.1, -0.05) is 12.8 Å². The molecule has 3 unspecified atom stereocenters. The van der Waals surface area contributed by atoms with E-state index in [0.29, 0.717) is 12.3 Å². The fourth-order valence-corrected chi connectivity index (χ4v) is 3.42. The highest BCUT2D eigenvalue weighted by Crippen LogP contribution is 2.37. The molecule has 0 aromatic heterocycles. The third-order valence-corrected chi connectivity index (χ3v) is 4.31. The molecule has 1 heterocycles. The van der Waals surface area contributed by atoms with Crippen LogP contribution in [0.5, 0.6) is 0 Å². The Morgan fingerprint density at radius 2 is 1.85 bits per heavy atom. The van der Waals surface area contributed by atoms with Crippen LogP contribution in [0.1, 0.15) is 38.5 Å². The van der Waals surface area contributed by atoms with Gasteiger partial charge in [0.25, 0.3) is 0 Å². The van der Waals surface area contributed by atoms with E-state index >= 15 is 0 Å². The quantitative estimate of drug-likeness (QED) is 0.690. The molecule has 1 aliphatic carbocycles. The van der Waals surface area contributed by atoms with E-state index in [2.05, 4.69) is 5.32 Å². The van der Waals surface area contributed by atoms with E-state index in [4.69, 9.17) is 5.73 Å². The number of carbonyl (C=O) groups excluding carboxylic acids is 2. The molecule has 1 saturated carbocycles. The van der Waals surface area contributed by atoms with E-state index < -0.39 is 23.9 Å². The van der Waals surface area contributed by atoms with Crippen molar-refractivity contribution in [3.8, 4) is 0 Å². The molecule has 2 rings (SSSR count). The molecule has 4 N–H and O–H groups in total. The Hall–Kier alpha value is -1.79. The molecule has 20 heavy (non-hydrogen) atoms. The van der Waals surface area contributed by atoms with Crippen LogP contribution in [0.3, 0.4) is 0 Å². The van der Waals surface area contributed by atoms with Gasteiger partial charge in [0.05, 0.1) is 6.54 Å². The van der Waals surface area contributed by atoms with Crippen molar-refractivity contribution in [3.63, 3.8) is 0 Å². The Balaban J connectivity index is 2.14. The van der Waals surface area contributed by atoms with Crippen LogP contribution in [0.4, 0.5) is 4.79 Å². The SMILES string of the molecule is NC(=O)CNC(=O)N1C(C(=O)O)CCC2CCCCC21. The first-order valence-corrected chi connectivity index (χ1v) is 7.08. The van der Waals surface area contributed by atoms with Gasteiger partial charge < -0.3 is 21.1 Å². The van der Waals surface area contributed by atoms with Gasteiger partial charge in [0.1, 0.15) is 6.04 Å². The average Bonchev–Trinajstić information content (AvgIpc) is 2.43. The second-order valence-electron chi connectivity index (χ2n) is 5.58. The Bertz CT molecular complexity index is 412. The predicted molar refractivity (Wildman–Crippen MR) is 70.8 cm³/mol. The van der Waals surface area contributed by atoms with Gasteiger partial charge in [0.15, 0.2) is 0 Å². The van der Waals surface area contributed by atoms with Crippen molar-refractivity contribution in [3.05, 3.63) is 0 Å². The number of carbonyl (C=O) groups is 3. The normalized spacial score (nSPS) is 29.4. The molecule has 3 atom stereocenters. The van der Waals surface area contributed by atoms with Crippen molar-refractivity contribution in [2.24, 2.45) is 11.7 Å². The zero-order chi connectivity index (χ0) is 14.7. The first-order valence-electron chi connectivity index (χ1n) is 7.08. The number of fused-ring (bicyclic) bond motifs is 1. The van der Waals surface area contributed by atoms with Gasteiger partial charge in [0.2, 0.25) is 5.91 Å². The number of aliphatic carboxylic acids is 1. The first-order chi connectivity index (χ1) is 9.50. The van der Waals surface area contributed by atoms with Gasteiger partial charge in [-0.25, -0.2) is 9.59 Å². The zero-order valence-corrected chi connectivity index (χ0v) is 11.4. The summed E-state index contributed by atoms with van der Waals surface area (Å²) in [5, 5.41) is 11.7. The molecule has 0 aromatic rings. The van der Waals surface area contributed by atoms with Crippen LogP contribution < -0.4 is 11.1 Å². The van der Waals surface area contributed by atoms with Crippen molar-refractivity contribution >= 4 is 17.9 Å². The highest BCUT2D eigenvalue weighted by molar-refractivity contribution is 5.86. The fraction of sp³-hybridized carbons (Fsp3) is 0.769. The Labute approximate surface area is 117 Å². The topological polar surface area (TPSA) is 113 Å². The number of rotatable bonds is 3. The maximum absolute atomic E-state index is 12.2. The van der Waals surface area contributed by atoms with E-state index in [9.17, 15) is 19.5 Å². The lowest BCUT2D eigenvalue weighted by Crippen LogP contribution is -2.60. The minimum atomic E-state index is -0.983. The lowest BCUT2D eigenvalue weighted by atomic mass is 9.76. The number of carboxylic acid groups (broad SMARTS) is 1. The van der Waals surface area contributed by atoms with Crippen LogP contribution in [0.15, 0.2) is 0 Å². The lowest BCUT2D eigenvalue weighted by molar-refractivity contribution is -0.145. The minimum absolute atomic E-state index is 0.0357. The summed E-state index contributed by atoms with van der Waals surface area (Å²) in [6.45, 7) is -0.265. The van der Waals surface area contributed by atoms with Crippen molar-refractivity contribution in [1.82, 2.24) is 10.2 Å². The smallest absolute Gasteiger partial charge is 0.326 e. The summed E-state index contributed by atoms with van der Waals surface area (Å²) in [5.74, 6) is -1.25. The van der Waals surface area contributed by atoms with Crippen LogP contribution in [-0.4, -0.2) is 46.5 Å². The molecule has 7 nitrogen and oxygen atoms in total. The molecule has 7 heteroatoms. The van der Waals surface area contributed by atoms with Gasteiger partial charge in [-0.05, 0) is 31.6 Å². The molecule has 3 amide bonds. The third-order valence-electron chi connectivity index (χ3n) is 4.31. The summed E-state index contributed by atoms with van der Waals surface area (Å²) in [6.07, 6.45) is 5.33. The molecule has 0 aromatic carbocycles. The molecule has 2 fully saturated rings. The highest BCUT2D eigenvalue weighted by Gasteiger charge is 2.43. The van der Waals surface area contributed by atoms with E-state index in [-0.39, 0.29) is 12.6 Å².